The molecule has 0 saturated carbocycles. The molecule has 2 rings (SSSR count). The van der Waals surface area contributed by atoms with E-state index in [1.807, 2.05) is 0 Å². The molecule has 4 nitrogen and oxygen atoms in total. The maximum Gasteiger partial charge on any atom is 0.433 e. The number of thiazole rings is 1. The van der Waals surface area contributed by atoms with Gasteiger partial charge in [-0.1, -0.05) is 0 Å². The molecule has 2 heterocycles. The van der Waals surface area contributed by atoms with Crippen LogP contribution in [0.1, 0.15) is 16.2 Å². The Balaban J connectivity index is 2.31. The fraction of sp³-hybridized carbons (Fsp3) is 0.100. The predicted octanol–water partition coefficient (Wildman–Crippen LogP) is 2.92. The number of carbonyl (C=O) groups is 1. The number of carboxylic acid groups (broad SMARTS) is 1. The number of pyridine rings is 1. The van der Waals surface area contributed by atoms with Crippen LogP contribution in [0.2, 0.25) is 0 Å². The molecule has 0 bridgehead atoms. The van der Waals surface area contributed by atoms with Crippen molar-refractivity contribution in [3.63, 3.8) is 0 Å². The maximum atomic E-state index is 12.3. The van der Waals surface area contributed by atoms with E-state index in [9.17, 15) is 18.0 Å². The summed E-state index contributed by atoms with van der Waals surface area (Å²) in [5.41, 5.74) is -0.795. The lowest BCUT2D eigenvalue weighted by molar-refractivity contribution is -0.141. The van der Waals surface area contributed by atoms with Gasteiger partial charge in [0.15, 0.2) is 5.69 Å². The lowest BCUT2D eigenvalue weighted by Gasteiger charge is -2.05. The number of alkyl halides is 3. The van der Waals surface area contributed by atoms with Crippen molar-refractivity contribution in [1.29, 1.82) is 0 Å². The molecule has 0 radical (unpaired) electrons. The minimum atomic E-state index is -4.49. The molecule has 0 saturated heterocycles. The Labute approximate surface area is 103 Å². The zero-order valence-electron chi connectivity index (χ0n) is 8.60. The summed E-state index contributed by atoms with van der Waals surface area (Å²) in [7, 11) is 0. The first-order chi connectivity index (χ1) is 8.38. The summed E-state index contributed by atoms with van der Waals surface area (Å²) in [4.78, 5) is 17.7. The summed E-state index contributed by atoms with van der Waals surface area (Å²) in [5.74, 6) is -1.18. The monoisotopic (exact) mass is 274 g/mol. The standard InChI is InChI=1S/C10H5F3N2O2S/c11-10(12,13)7-2-1-5(3-14-7)8-15-6(4-18-8)9(16)17/h1-4H,(H,16,17). The SMILES string of the molecule is O=C(O)c1csc(-c2ccc(C(F)(F)F)nc2)n1. The van der Waals surface area contributed by atoms with E-state index in [2.05, 4.69) is 9.97 Å². The number of carboxylic acids is 1. The molecular weight excluding hydrogens is 269 g/mol. The summed E-state index contributed by atoms with van der Waals surface area (Å²) in [6, 6.07) is 2.04. The average molecular weight is 274 g/mol. The van der Waals surface area contributed by atoms with Crippen molar-refractivity contribution >= 4 is 17.3 Å². The van der Waals surface area contributed by atoms with Crippen molar-refractivity contribution in [3.8, 4) is 10.6 Å². The van der Waals surface area contributed by atoms with Gasteiger partial charge in [-0.2, -0.15) is 13.2 Å². The Morgan fingerprint density at radius 1 is 1.33 bits per heavy atom. The van der Waals surface area contributed by atoms with Gasteiger partial charge in [0, 0.05) is 17.1 Å². The minimum absolute atomic E-state index is 0.144. The molecule has 0 aliphatic rings. The molecule has 1 N–H and O–H groups in total. The Morgan fingerprint density at radius 3 is 2.50 bits per heavy atom. The quantitative estimate of drug-likeness (QED) is 0.914. The van der Waals surface area contributed by atoms with Gasteiger partial charge in [0.05, 0.1) is 0 Å². The summed E-state index contributed by atoms with van der Waals surface area (Å²) >= 11 is 1.03. The van der Waals surface area contributed by atoms with Gasteiger partial charge < -0.3 is 5.11 Å². The topological polar surface area (TPSA) is 63.1 Å². The number of nitrogens with zero attached hydrogens (tertiary/aromatic N) is 2. The molecule has 0 aliphatic carbocycles. The van der Waals surface area contributed by atoms with Crippen LogP contribution in [-0.4, -0.2) is 21.0 Å². The van der Waals surface area contributed by atoms with Crippen LogP contribution < -0.4 is 0 Å². The normalized spacial score (nSPS) is 11.5. The molecule has 8 heteroatoms. The first kappa shape index (κ1) is 12.5. The molecule has 94 valence electrons. The van der Waals surface area contributed by atoms with Gasteiger partial charge in [0.25, 0.3) is 0 Å². The van der Waals surface area contributed by atoms with E-state index in [1.165, 1.54) is 11.4 Å². The van der Waals surface area contributed by atoms with Crippen molar-refractivity contribution in [2.24, 2.45) is 0 Å². The highest BCUT2D eigenvalue weighted by atomic mass is 32.1. The second kappa shape index (κ2) is 4.37. The van der Waals surface area contributed by atoms with Crippen LogP contribution in [0.3, 0.4) is 0 Å². The largest absolute Gasteiger partial charge is 0.476 e. The highest BCUT2D eigenvalue weighted by Crippen LogP contribution is 2.29. The van der Waals surface area contributed by atoms with Crippen molar-refractivity contribution in [2.45, 2.75) is 6.18 Å². The van der Waals surface area contributed by atoms with E-state index in [-0.39, 0.29) is 5.69 Å². The van der Waals surface area contributed by atoms with E-state index < -0.39 is 17.8 Å². The second-order valence-electron chi connectivity index (χ2n) is 3.27. The van der Waals surface area contributed by atoms with Gasteiger partial charge in [-0.05, 0) is 12.1 Å². The lowest BCUT2D eigenvalue weighted by atomic mass is 10.2. The summed E-state index contributed by atoms with van der Waals surface area (Å²) in [5, 5.41) is 10.3. The van der Waals surface area contributed by atoms with Gasteiger partial charge in [-0.3, -0.25) is 4.98 Å². The molecular formula is C10H5F3N2O2S. The number of halogens is 3. The lowest BCUT2D eigenvalue weighted by Crippen LogP contribution is -2.07. The van der Waals surface area contributed by atoms with E-state index >= 15 is 0 Å². The molecule has 18 heavy (non-hydrogen) atoms. The fourth-order valence-corrected chi connectivity index (χ4v) is 1.98. The number of hydrogen-bond donors (Lipinski definition) is 1. The first-order valence-electron chi connectivity index (χ1n) is 4.60. The second-order valence-corrected chi connectivity index (χ2v) is 4.13. The molecule has 0 aliphatic heterocycles. The Kier molecular flexibility index (Phi) is 3.04. The zero-order chi connectivity index (χ0) is 13.3. The molecule has 0 spiro atoms. The van der Waals surface area contributed by atoms with E-state index in [0.717, 1.165) is 23.6 Å². The zero-order valence-corrected chi connectivity index (χ0v) is 9.42. The van der Waals surface area contributed by atoms with E-state index in [1.54, 1.807) is 0 Å². The molecule has 2 aromatic rings. The highest BCUT2D eigenvalue weighted by Gasteiger charge is 2.32. The third-order valence-corrected chi connectivity index (χ3v) is 2.92. The highest BCUT2D eigenvalue weighted by molar-refractivity contribution is 7.13. The predicted molar refractivity (Wildman–Crippen MR) is 57.3 cm³/mol. The molecule has 0 amide bonds. The number of rotatable bonds is 2. The third kappa shape index (κ3) is 2.48. The number of aromatic carboxylic acids is 1. The van der Waals surface area contributed by atoms with Gasteiger partial charge >= 0.3 is 12.1 Å². The molecule has 0 aromatic carbocycles. The van der Waals surface area contributed by atoms with Crippen LogP contribution >= 0.6 is 11.3 Å². The van der Waals surface area contributed by atoms with Gasteiger partial charge in [0.1, 0.15) is 10.7 Å². The molecule has 0 fully saturated rings. The van der Waals surface area contributed by atoms with Crippen LogP contribution in [0.5, 0.6) is 0 Å². The van der Waals surface area contributed by atoms with Crippen molar-refractivity contribution in [3.05, 3.63) is 35.1 Å². The summed E-state index contributed by atoms with van der Waals surface area (Å²) in [6.45, 7) is 0. The fourth-order valence-electron chi connectivity index (χ4n) is 1.19. The van der Waals surface area contributed by atoms with Gasteiger partial charge in [0.2, 0.25) is 0 Å². The number of hydrogen-bond acceptors (Lipinski definition) is 4. The Bertz CT molecular complexity index is 578. The van der Waals surface area contributed by atoms with Crippen LogP contribution in [0, 0.1) is 0 Å². The molecule has 0 atom stereocenters. The van der Waals surface area contributed by atoms with Crippen molar-refractivity contribution < 1.29 is 23.1 Å². The van der Waals surface area contributed by atoms with E-state index in [4.69, 9.17) is 5.11 Å². The average Bonchev–Trinajstić information content (AvgIpc) is 2.77. The molecule has 2 aromatic heterocycles. The Morgan fingerprint density at radius 2 is 2.06 bits per heavy atom. The molecule has 0 unspecified atom stereocenters. The van der Waals surface area contributed by atoms with Crippen molar-refractivity contribution in [1.82, 2.24) is 9.97 Å². The van der Waals surface area contributed by atoms with Gasteiger partial charge in [-0.25, -0.2) is 9.78 Å². The Hall–Kier alpha value is -1.96. The maximum absolute atomic E-state index is 12.3. The van der Waals surface area contributed by atoms with Crippen LogP contribution in [0.4, 0.5) is 13.2 Å². The third-order valence-electron chi connectivity index (χ3n) is 2.02. The van der Waals surface area contributed by atoms with Crippen LogP contribution in [-0.2, 0) is 6.18 Å². The minimum Gasteiger partial charge on any atom is -0.476 e. The first-order valence-corrected chi connectivity index (χ1v) is 5.48. The van der Waals surface area contributed by atoms with Crippen LogP contribution in [0.15, 0.2) is 23.7 Å². The van der Waals surface area contributed by atoms with Crippen molar-refractivity contribution in [2.75, 3.05) is 0 Å². The van der Waals surface area contributed by atoms with Crippen LogP contribution in [0.25, 0.3) is 10.6 Å². The summed E-state index contributed by atoms with van der Waals surface area (Å²) in [6.07, 6.45) is -3.47. The summed E-state index contributed by atoms with van der Waals surface area (Å²) < 4.78 is 36.8. The smallest absolute Gasteiger partial charge is 0.433 e. The number of aromatic nitrogens is 2. The van der Waals surface area contributed by atoms with E-state index in [0.29, 0.717) is 10.6 Å². The van der Waals surface area contributed by atoms with Gasteiger partial charge in [-0.15, -0.1) is 11.3 Å².